The third kappa shape index (κ3) is 5.23. The lowest BCUT2D eigenvalue weighted by Gasteiger charge is -2.34. The number of nitrogens with one attached hydrogen (secondary N) is 1. The van der Waals surface area contributed by atoms with E-state index in [4.69, 9.17) is 4.42 Å². The average molecular weight is 398 g/mol. The molecule has 1 N–H and O–H groups in total. The molecule has 0 saturated carbocycles. The molecule has 2 aromatic rings. The van der Waals surface area contributed by atoms with Gasteiger partial charge in [-0.25, -0.2) is 0 Å². The molecular formula is C21H26N4O4. The molecule has 29 heavy (non-hydrogen) atoms. The highest BCUT2D eigenvalue weighted by Gasteiger charge is 2.23. The van der Waals surface area contributed by atoms with Crippen molar-refractivity contribution in [2.75, 3.05) is 44.7 Å². The number of piperazine rings is 1. The molecule has 1 aliphatic heterocycles. The first kappa shape index (κ1) is 20.6. The summed E-state index contributed by atoms with van der Waals surface area (Å²) < 4.78 is 5.23. The molecule has 3 rings (SSSR count). The normalized spacial score (nSPS) is 14.5. The van der Waals surface area contributed by atoms with Gasteiger partial charge in [-0.15, -0.1) is 0 Å². The Hall–Kier alpha value is -3.13. The summed E-state index contributed by atoms with van der Waals surface area (Å²) in [6.45, 7) is 4.64. The molecule has 0 bridgehead atoms. The van der Waals surface area contributed by atoms with Crippen molar-refractivity contribution in [2.45, 2.75) is 13.5 Å². The Morgan fingerprint density at radius 3 is 2.45 bits per heavy atom. The van der Waals surface area contributed by atoms with Crippen LogP contribution >= 0.6 is 0 Å². The highest BCUT2D eigenvalue weighted by Crippen LogP contribution is 2.20. The van der Waals surface area contributed by atoms with Crippen LogP contribution in [0.2, 0.25) is 0 Å². The Morgan fingerprint density at radius 1 is 1.07 bits per heavy atom. The Labute approximate surface area is 170 Å². The van der Waals surface area contributed by atoms with E-state index in [1.165, 1.54) is 4.90 Å². The van der Waals surface area contributed by atoms with Gasteiger partial charge in [-0.2, -0.15) is 0 Å². The fourth-order valence-electron chi connectivity index (χ4n) is 3.29. The molecule has 154 valence electrons. The van der Waals surface area contributed by atoms with Gasteiger partial charge in [0.25, 0.3) is 5.91 Å². The zero-order chi connectivity index (χ0) is 20.8. The van der Waals surface area contributed by atoms with E-state index in [1.807, 2.05) is 4.90 Å². The number of benzene rings is 1. The van der Waals surface area contributed by atoms with E-state index in [9.17, 15) is 14.4 Å². The molecule has 1 aromatic heterocycles. The SMILES string of the molecule is CC(=O)N1CCN(CC(=O)N(C)c2ccccc2C(=O)NCc2ccco2)CC1. The maximum absolute atomic E-state index is 12.8. The number of carbonyl (C=O) groups is 3. The zero-order valence-electron chi connectivity index (χ0n) is 16.8. The summed E-state index contributed by atoms with van der Waals surface area (Å²) in [5.41, 5.74) is 0.980. The van der Waals surface area contributed by atoms with Gasteiger partial charge in [-0.3, -0.25) is 19.3 Å². The second-order valence-corrected chi connectivity index (χ2v) is 7.01. The van der Waals surface area contributed by atoms with E-state index in [0.717, 1.165) is 0 Å². The van der Waals surface area contributed by atoms with Crippen LogP contribution in [-0.2, 0) is 16.1 Å². The first-order valence-corrected chi connectivity index (χ1v) is 9.59. The predicted octanol–water partition coefficient (Wildman–Crippen LogP) is 1.34. The van der Waals surface area contributed by atoms with Crippen LogP contribution in [0.3, 0.4) is 0 Å². The number of likely N-dealkylation sites (N-methyl/N-ethyl adjacent to an activating group) is 1. The molecule has 0 unspecified atom stereocenters. The summed E-state index contributed by atoms with van der Waals surface area (Å²) in [5, 5.41) is 2.81. The van der Waals surface area contributed by atoms with Crippen LogP contribution in [0.4, 0.5) is 5.69 Å². The third-order valence-corrected chi connectivity index (χ3v) is 5.06. The van der Waals surface area contributed by atoms with Crippen molar-refractivity contribution in [1.29, 1.82) is 0 Å². The fraction of sp³-hybridized carbons (Fsp3) is 0.381. The molecule has 1 fully saturated rings. The molecule has 1 aromatic carbocycles. The van der Waals surface area contributed by atoms with Gasteiger partial charge in [-0.1, -0.05) is 12.1 Å². The maximum Gasteiger partial charge on any atom is 0.253 e. The minimum atomic E-state index is -0.272. The van der Waals surface area contributed by atoms with E-state index in [2.05, 4.69) is 5.32 Å². The summed E-state index contributed by atoms with van der Waals surface area (Å²) in [6.07, 6.45) is 1.55. The third-order valence-electron chi connectivity index (χ3n) is 5.06. The highest BCUT2D eigenvalue weighted by molar-refractivity contribution is 6.05. The Kier molecular flexibility index (Phi) is 6.66. The molecular weight excluding hydrogens is 372 g/mol. The standard InChI is InChI=1S/C21H26N4O4/c1-16(26)25-11-9-24(10-12-25)15-20(27)23(2)19-8-4-3-7-18(19)21(28)22-14-17-6-5-13-29-17/h3-8,13H,9-12,14-15H2,1-2H3,(H,22,28). The van der Waals surface area contributed by atoms with Gasteiger partial charge in [0.2, 0.25) is 11.8 Å². The van der Waals surface area contributed by atoms with E-state index >= 15 is 0 Å². The van der Waals surface area contributed by atoms with Gasteiger partial charge < -0.3 is 19.5 Å². The molecule has 8 heteroatoms. The van der Waals surface area contributed by atoms with Crippen LogP contribution in [0.25, 0.3) is 0 Å². The van der Waals surface area contributed by atoms with E-state index < -0.39 is 0 Å². The molecule has 3 amide bonds. The van der Waals surface area contributed by atoms with Crippen molar-refractivity contribution in [3.05, 3.63) is 54.0 Å². The van der Waals surface area contributed by atoms with Crippen molar-refractivity contribution in [3.63, 3.8) is 0 Å². The van der Waals surface area contributed by atoms with Gasteiger partial charge in [-0.05, 0) is 24.3 Å². The lowest BCUT2D eigenvalue weighted by Crippen LogP contribution is -2.50. The molecule has 1 saturated heterocycles. The largest absolute Gasteiger partial charge is 0.467 e. The first-order valence-electron chi connectivity index (χ1n) is 9.59. The summed E-state index contributed by atoms with van der Waals surface area (Å²) in [5.74, 6) is 0.340. The number of anilines is 1. The quantitative estimate of drug-likeness (QED) is 0.794. The van der Waals surface area contributed by atoms with Gasteiger partial charge in [0.05, 0.1) is 30.6 Å². The Bertz CT molecular complexity index is 857. The molecule has 1 aliphatic rings. The molecule has 0 radical (unpaired) electrons. The van der Waals surface area contributed by atoms with Gasteiger partial charge in [0.15, 0.2) is 0 Å². The smallest absolute Gasteiger partial charge is 0.253 e. The van der Waals surface area contributed by atoms with Crippen LogP contribution in [0, 0.1) is 0 Å². The van der Waals surface area contributed by atoms with Crippen molar-refractivity contribution in [1.82, 2.24) is 15.1 Å². The summed E-state index contributed by atoms with van der Waals surface area (Å²) in [4.78, 5) is 42.2. The monoisotopic (exact) mass is 398 g/mol. The van der Waals surface area contributed by atoms with Crippen LogP contribution in [-0.4, -0.2) is 67.3 Å². The maximum atomic E-state index is 12.8. The van der Waals surface area contributed by atoms with Crippen LogP contribution in [0.15, 0.2) is 47.1 Å². The number of hydrogen-bond donors (Lipinski definition) is 1. The van der Waals surface area contributed by atoms with E-state index in [1.54, 1.807) is 61.5 Å². The van der Waals surface area contributed by atoms with E-state index in [-0.39, 0.29) is 30.8 Å². The first-order chi connectivity index (χ1) is 14.0. The van der Waals surface area contributed by atoms with E-state index in [0.29, 0.717) is 43.2 Å². The molecule has 0 aliphatic carbocycles. The number of rotatable bonds is 6. The molecule has 2 heterocycles. The number of furan rings is 1. The van der Waals surface area contributed by atoms with Crippen molar-refractivity contribution >= 4 is 23.4 Å². The molecule has 0 atom stereocenters. The zero-order valence-corrected chi connectivity index (χ0v) is 16.8. The van der Waals surface area contributed by atoms with Gasteiger partial charge in [0.1, 0.15) is 5.76 Å². The van der Waals surface area contributed by atoms with Crippen LogP contribution in [0.5, 0.6) is 0 Å². The number of hydrogen-bond acceptors (Lipinski definition) is 5. The number of carbonyl (C=O) groups excluding carboxylic acids is 3. The minimum absolute atomic E-state index is 0.0579. The molecule has 8 nitrogen and oxygen atoms in total. The van der Waals surface area contributed by atoms with Crippen molar-refractivity contribution < 1.29 is 18.8 Å². The second-order valence-electron chi connectivity index (χ2n) is 7.01. The Morgan fingerprint density at radius 2 is 1.79 bits per heavy atom. The Balaban J connectivity index is 1.61. The summed E-state index contributed by atoms with van der Waals surface area (Å²) in [7, 11) is 1.67. The van der Waals surface area contributed by atoms with Gasteiger partial charge >= 0.3 is 0 Å². The molecule has 0 spiro atoms. The number of amides is 3. The van der Waals surface area contributed by atoms with Crippen molar-refractivity contribution in [2.24, 2.45) is 0 Å². The second kappa shape index (κ2) is 9.38. The fourth-order valence-corrected chi connectivity index (χ4v) is 3.29. The van der Waals surface area contributed by atoms with Crippen LogP contribution in [0.1, 0.15) is 23.0 Å². The van der Waals surface area contributed by atoms with Crippen LogP contribution < -0.4 is 10.2 Å². The lowest BCUT2D eigenvalue weighted by atomic mass is 10.1. The summed E-state index contributed by atoms with van der Waals surface area (Å²) >= 11 is 0. The predicted molar refractivity (Wildman–Crippen MR) is 108 cm³/mol. The topological polar surface area (TPSA) is 86.1 Å². The summed E-state index contributed by atoms with van der Waals surface area (Å²) in [6, 6.07) is 10.6. The lowest BCUT2D eigenvalue weighted by molar-refractivity contribution is -0.130. The number of nitrogens with zero attached hydrogens (tertiary/aromatic N) is 3. The van der Waals surface area contributed by atoms with Gasteiger partial charge in [0, 0.05) is 40.2 Å². The highest BCUT2D eigenvalue weighted by atomic mass is 16.3. The minimum Gasteiger partial charge on any atom is -0.467 e. The average Bonchev–Trinajstić information content (AvgIpc) is 3.25. The van der Waals surface area contributed by atoms with Crippen molar-refractivity contribution in [3.8, 4) is 0 Å². The number of para-hydroxylation sites is 1.